The molecule has 1 nitrogen and oxygen atoms in total. The zero-order valence-corrected chi connectivity index (χ0v) is 21.4. The van der Waals surface area contributed by atoms with Crippen LogP contribution < -0.4 is 0 Å². The highest BCUT2D eigenvalue weighted by Crippen LogP contribution is 2.47. The number of furan rings is 1. The molecule has 0 aliphatic carbocycles. The second-order valence-corrected chi connectivity index (χ2v) is 9.52. The SMILES string of the molecule is [2H]c1c([2H])c([2H])c(-c2ccc3occ(-c4c5c([2H])c([2H])c([2H])c([2H])c5c(-c5ccccc5-c5ccccc5)c5c([2H])c([2H])c([2H])c([2H])c45)c3c2)c([2H])c1[2H]. The van der Waals surface area contributed by atoms with Crippen LogP contribution in [0.2, 0.25) is 0 Å². The van der Waals surface area contributed by atoms with Crippen LogP contribution in [0.5, 0.6) is 0 Å². The molecule has 1 heterocycles. The molecule has 0 aliphatic rings. The minimum absolute atomic E-state index is 0.00712. The van der Waals surface area contributed by atoms with Gasteiger partial charge in [0.2, 0.25) is 0 Å². The van der Waals surface area contributed by atoms with Gasteiger partial charge in [-0.3, -0.25) is 0 Å². The van der Waals surface area contributed by atoms with Crippen LogP contribution in [-0.2, 0) is 0 Å². The predicted molar refractivity (Wildman–Crippen MR) is 173 cm³/mol. The van der Waals surface area contributed by atoms with Gasteiger partial charge in [0.25, 0.3) is 0 Å². The van der Waals surface area contributed by atoms with Crippen LogP contribution in [0.4, 0.5) is 0 Å². The molecule has 0 aliphatic heterocycles. The summed E-state index contributed by atoms with van der Waals surface area (Å²) in [6, 6.07) is 14.9. The Morgan fingerprint density at radius 1 is 0.415 bits per heavy atom. The highest BCUT2D eigenvalue weighted by molar-refractivity contribution is 6.24. The van der Waals surface area contributed by atoms with E-state index in [9.17, 15) is 5.48 Å². The van der Waals surface area contributed by atoms with Crippen molar-refractivity contribution in [3.05, 3.63) is 158 Å². The Bertz CT molecular complexity index is 2810. The molecule has 0 N–H and O–H groups in total. The van der Waals surface area contributed by atoms with Gasteiger partial charge in [0.15, 0.2) is 0 Å². The van der Waals surface area contributed by atoms with Gasteiger partial charge in [-0.2, -0.15) is 0 Å². The molecule has 41 heavy (non-hydrogen) atoms. The molecule has 0 amide bonds. The molecule has 0 saturated heterocycles. The van der Waals surface area contributed by atoms with Gasteiger partial charge in [-0.05, 0) is 67.1 Å². The molecule has 0 fully saturated rings. The topological polar surface area (TPSA) is 13.1 Å². The van der Waals surface area contributed by atoms with Crippen LogP contribution in [0.15, 0.2) is 162 Å². The lowest BCUT2D eigenvalue weighted by Gasteiger charge is -2.19. The van der Waals surface area contributed by atoms with Gasteiger partial charge < -0.3 is 4.42 Å². The van der Waals surface area contributed by atoms with E-state index in [4.69, 9.17) is 16.8 Å². The summed E-state index contributed by atoms with van der Waals surface area (Å²) >= 11 is 0. The first-order valence-electron chi connectivity index (χ1n) is 19.5. The summed E-state index contributed by atoms with van der Waals surface area (Å²) in [6.45, 7) is 0. The van der Waals surface area contributed by atoms with E-state index in [2.05, 4.69) is 0 Å². The summed E-state index contributed by atoms with van der Waals surface area (Å²) < 4.78 is 120. The third-order valence-corrected chi connectivity index (χ3v) is 7.29. The van der Waals surface area contributed by atoms with E-state index in [1.54, 1.807) is 30.3 Å². The molecule has 0 unspecified atom stereocenters. The Labute approximate surface area is 257 Å². The summed E-state index contributed by atoms with van der Waals surface area (Å²) in [5.74, 6) is 0. The zero-order chi connectivity index (χ0) is 38.5. The van der Waals surface area contributed by atoms with Crippen molar-refractivity contribution < 1.29 is 22.2 Å². The standard InChI is InChI=1S/C40H26O/c1-3-13-27(14-4-1)29-23-24-38-36(25-29)37(26-41-38)40-34-21-11-9-19-32(34)39(33-20-10-12-22-35(33)40)31-18-8-7-17-30(31)28-15-5-2-6-16-28/h1-26H/i1D,3D,4D,9D,10D,11D,12D,13D,14D,19D,20D,21D,22D. The van der Waals surface area contributed by atoms with Crippen molar-refractivity contribution in [2.75, 3.05) is 0 Å². The van der Waals surface area contributed by atoms with Crippen LogP contribution in [0.3, 0.4) is 0 Å². The summed E-state index contributed by atoms with van der Waals surface area (Å²) in [7, 11) is 0. The normalized spacial score (nSPS) is 15.9. The number of hydrogen-bond acceptors (Lipinski definition) is 1. The quantitative estimate of drug-likeness (QED) is 0.204. The third-order valence-electron chi connectivity index (χ3n) is 7.29. The van der Waals surface area contributed by atoms with Gasteiger partial charge in [-0.25, -0.2) is 0 Å². The molecular formula is C40H26O. The highest BCUT2D eigenvalue weighted by Gasteiger charge is 2.21. The average molecular weight is 536 g/mol. The molecule has 0 saturated carbocycles. The summed E-state index contributed by atoms with van der Waals surface area (Å²) in [4.78, 5) is 0. The van der Waals surface area contributed by atoms with Gasteiger partial charge in [0, 0.05) is 16.5 Å². The molecule has 0 atom stereocenters. The largest absolute Gasteiger partial charge is 0.464 e. The lowest BCUT2D eigenvalue weighted by atomic mass is 9.83. The van der Waals surface area contributed by atoms with Crippen LogP contribution in [0.25, 0.3) is 77.0 Å². The summed E-state index contributed by atoms with van der Waals surface area (Å²) in [5, 5.41) is 0.375. The lowest BCUT2D eigenvalue weighted by molar-refractivity contribution is 0.617. The van der Waals surface area contributed by atoms with E-state index >= 15 is 0 Å². The molecule has 0 radical (unpaired) electrons. The number of benzene rings is 7. The first-order chi connectivity index (χ1) is 25.8. The van der Waals surface area contributed by atoms with Crippen molar-refractivity contribution in [3.8, 4) is 44.5 Å². The number of fused-ring (bicyclic) bond motifs is 3. The van der Waals surface area contributed by atoms with Gasteiger partial charge in [-0.15, -0.1) is 0 Å². The first kappa shape index (κ1) is 13.8. The Hall–Kier alpha value is -5.40. The minimum Gasteiger partial charge on any atom is -0.464 e. The summed E-state index contributed by atoms with van der Waals surface area (Å²) in [5.41, 5.74) is 2.88. The first-order valence-corrected chi connectivity index (χ1v) is 13.0. The molecule has 7 aromatic carbocycles. The van der Waals surface area contributed by atoms with E-state index in [0.717, 1.165) is 5.56 Å². The van der Waals surface area contributed by atoms with Crippen molar-refractivity contribution in [1.29, 1.82) is 0 Å². The smallest absolute Gasteiger partial charge is 0.134 e. The fourth-order valence-corrected chi connectivity index (χ4v) is 5.51. The van der Waals surface area contributed by atoms with Crippen molar-refractivity contribution in [2.45, 2.75) is 0 Å². The molecule has 0 spiro atoms. The van der Waals surface area contributed by atoms with Gasteiger partial charge in [0.05, 0.1) is 24.1 Å². The predicted octanol–water partition coefficient (Wildman–Crippen LogP) is 11.4. The molecule has 192 valence electrons. The van der Waals surface area contributed by atoms with Crippen LogP contribution in [0.1, 0.15) is 17.8 Å². The van der Waals surface area contributed by atoms with Crippen molar-refractivity contribution in [3.63, 3.8) is 0 Å². The number of rotatable bonds is 4. The van der Waals surface area contributed by atoms with Crippen molar-refractivity contribution in [1.82, 2.24) is 0 Å². The van der Waals surface area contributed by atoms with Gasteiger partial charge >= 0.3 is 0 Å². The second-order valence-electron chi connectivity index (χ2n) is 9.52. The Kier molecular flexibility index (Phi) is 3.25. The molecule has 8 rings (SSSR count). The fourth-order valence-electron chi connectivity index (χ4n) is 5.51. The third kappa shape index (κ3) is 3.86. The number of hydrogen-bond donors (Lipinski definition) is 0. The van der Waals surface area contributed by atoms with E-state index in [1.165, 1.54) is 6.26 Å². The molecule has 1 aromatic heterocycles. The van der Waals surface area contributed by atoms with E-state index in [1.807, 2.05) is 42.5 Å². The minimum atomic E-state index is -0.552. The molecule has 1 heteroatoms. The summed E-state index contributed by atoms with van der Waals surface area (Å²) in [6.07, 6.45) is 1.34. The van der Waals surface area contributed by atoms with Crippen molar-refractivity contribution >= 4 is 32.5 Å². The van der Waals surface area contributed by atoms with Crippen LogP contribution in [-0.4, -0.2) is 0 Å². The van der Waals surface area contributed by atoms with E-state index < -0.39 is 78.6 Å². The maximum absolute atomic E-state index is 9.33. The molecule has 0 bridgehead atoms. The van der Waals surface area contributed by atoms with Gasteiger partial charge in [0.1, 0.15) is 5.58 Å². The maximum atomic E-state index is 9.33. The Balaban J connectivity index is 1.61. The van der Waals surface area contributed by atoms with E-state index in [-0.39, 0.29) is 54.9 Å². The van der Waals surface area contributed by atoms with Crippen molar-refractivity contribution in [2.24, 2.45) is 0 Å². The zero-order valence-electron chi connectivity index (χ0n) is 34.4. The van der Waals surface area contributed by atoms with Crippen LogP contribution >= 0.6 is 0 Å². The molecular weight excluding hydrogens is 496 g/mol. The highest BCUT2D eigenvalue weighted by atomic mass is 16.3. The maximum Gasteiger partial charge on any atom is 0.134 e. The average Bonchev–Trinajstić information content (AvgIpc) is 3.61. The Morgan fingerprint density at radius 3 is 1.63 bits per heavy atom. The fraction of sp³-hybridized carbons (Fsp3) is 0. The molecule has 8 aromatic rings. The van der Waals surface area contributed by atoms with Crippen LogP contribution in [0, 0.1) is 0 Å². The second kappa shape index (κ2) is 9.66. The Morgan fingerprint density at radius 2 is 0.976 bits per heavy atom. The van der Waals surface area contributed by atoms with E-state index in [0.29, 0.717) is 16.5 Å². The lowest BCUT2D eigenvalue weighted by Crippen LogP contribution is -1.92. The monoisotopic (exact) mass is 535 g/mol. The van der Waals surface area contributed by atoms with Gasteiger partial charge in [-0.1, -0.05) is 139 Å².